The maximum absolute atomic E-state index is 14.0. The van der Waals surface area contributed by atoms with Gasteiger partial charge in [-0.25, -0.2) is 8.78 Å². The van der Waals surface area contributed by atoms with E-state index in [1.807, 2.05) is 6.92 Å². The first-order valence-corrected chi connectivity index (χ1v) is 6.20. The van der Waals surface area contributed by atoms with E-state index in [1.54, 1.807) is 18.7 Å². The van der Waals surface area contributed by atoms with Crippen LogP contribution >= 0.6 is 0 Å². The number of benzene rings is 1. The molecule has 0 saturated carbocycles. The third-order valence-electron chi connectivity index (χ3n) is 3.27. The summed E-state index contributed by atoms with van der Waals surface area (Å²) in [6.07, 6.45) is 0.669. The number of halogens is 2. The minimum absolute atomic E-state index is 0.0491. The number of hydrogen-bond acceptors (Lipinski definition) is 2. The van der Waals surface area contributed by atoms with Crippen molar-refractivity contribution in [1.29, 1.82) is 0 Å². The van der Waals surface area contributed by atoms with Crippen molar-refractivity contribution < 1.29 is 8.78 Å². The minimum atomic E-state index is -0.597. The molecule has 19 heavy (non-hydrogen) atoms. The van der Waals surface area contributed by atoms with Crippen LogP contribution in [0.3, 0.4) is 0 Å². The molecular weight excluding hydrogens is 248 g/mol. The van der Waals surface area contributed by atoms with E-state index in [-0.39, 0.29) is 11.6 Å². The standard InChI is InChI=1S/C14H17F2N3/c1-4-11(17)14-12(8(2)18-19(14)3)13-9(15)6-5-7-10(13)16/h5-7,11H,4,17H2,1-3H3. The van der Waals surface area contributed by atoms with Crippen LogP contribution in [0.1, 0.15) is 30.8 Å². The van der Waals surface area contributed by atoms with Crippen molar-refractivity contribution in [2.24, 2.45) is 12.8 Å². The summed E-state index contributed by atoms with van der Waals surface area (Å²) in [5.74, 6) is -1.19. The fourth-order valence-electron chi connectivity index (χ4n) is 2.34. The van der Waals surface area contributed by atoms with Crippen molar-refractivity contribution in [3.63, 3.8) is 0 Å². The van der Waals surface area contributed by atoms with Crippen molar-refractivity contribution >= 4 is 0 Å². The lowest BCUT2D eigenvalue weighted by molar-refractivity contribution is 0.584. The van der Waals surface area contributed by atoms with Crippen molar-refractivity contribution in [2.45, 2.75) is 26.3 Å². The number of rotatable bonds is 3. The molecule has 0 spiro atoms. The second kappa shape index (κ2) is 5.09. The van der Waals surface area contributed by atoms with Gasteiger partial charge in [-0.05, 0) is 25.5 Å². The Morgan fingerprint density at radius 1 is 1.26 bits per heavy atom. The lowest BCUT2D eigenvalue weighted by Crippen LogP contribution is -2.14. The van der Waals surface area contributed by atoms with Gasteiger partial charge in [-0.2, -0.15) is 5.10 Å². The number of aryl methyl sites for hydroxylation is 2. The second-order valence-electron chi connectivity index (χ2n) is 4.58. The molecule has 102 valence electrons. The highest BCUT2D eigenvalue weighted by Gasteiger charge is 2.24. The maximum Gasteiger partial charge on any atom is 0.134 e. The molecule has 0 fully saturated rings. The van der Waals surface area contributed by atoms with Crippen molar-refractivity contribution in [3.05, 3.63) is 41.2 Å². The van der Waals surface area contributed by atoms with E-state index in [4.69, 9.17) is 5.73 Å². The molecule has 3 nitrogen and oxygen atoms in total. The fraction of sp³-hybridized carbons (Fsp3) is 0.357. The maximum atomic E-state index is 14.0. The molecule has 2 N–H and O–H groups in total. The molecule has 0 radical (unpaired) electrons. The third-order valence-corrected chi connectivity index (χ3v) is 3.27. The van der Waals surface area contributed by atoms with E-state index in [0.29, 0.717) is 23.4 Å². The molecule has 1 heterocycles. The van der Waals surface area contributed by atoms with Gasteiger partial charge in [0.2, 0.25) is 0 Å². The van der Waals surface area contributed by atoms with Gasteiger partial charge < -0.3 is 5.73 Å². The van der Waals surface area contributed by atoms with Crippen LogP contribution in [-0.4, -0.2) is 9.78 Å². The van der Waals surface area contributed by atoms with Gasteiger partial charge in [-0.1, -0.05) is 13.0 Å². The fourth-order valence-corrected chi connectivity index (χ4v) is 2.34. The average Bonchev–Trinajstić information content (AvgIpc) is 2.64. The first-order valence-electron chi connectivity index (χ1n) is 6.20. The van der Waals surface area contributed by atoms with Crippen LogP contribution in [0.4, 0.5) is 8.78 Å². The van der Waals surface area contributed by atoms with Crippen LogP contribution in [0.15, 0.2) is 18.2 Å². The molecule has 0 aliphatic rings. The quantitative estimate of drug-likeness (QED) is 0.926. The van der Waals surface area contributed by atoms with Crippen LogP contribution in [0.2, 0.25) is 0 Å². The van der Waals surface area contributed by atoms with Gasteiger partial charge in [0, 0.05) is 18.7 Å². The molecule has 2 aromatic rings. The largest absolute Gasteiger partial charge is 0.323 e. The van der Waals surface area contributed by atoms with Crippen molar-refractivity contribution in [2.75, 3.05) is 0 Å². The zero-order valence-corrected chi connectivity index (χ0v) is 11.2. The van der Waals surface area contributed by atoms with Crippen LogP contribution in [0.5, 0.6) is 0 Å². The lowest BCUT2D eigenvalue weighted by atomic mass is 9.98. The zero-order chi connectivity index (χ0) is 14.2. The Morgan fingerprint density at radius 2 is 1.84 bits per heavy atom. The third kappa shape index (κ3) is 2.26. The highest BCUT2D eigenvalue weighted by atomic mass is 19.1. The summed E-state index contributed by atoms with van der Waals surface area (Å²) in [4.78, 5) is 0. The van der Waals surface area contributed by atoms with Crippen LogP contribution in [-0.2, 0) is 7.05 Å². The van der Waals surface area contributed by atoms with E-state index in [1.165, 1.54) is 18.2 Å². The predicted octanol–water partition coefficient (Wildman–Crippen LogP) is 3.08. The first-order chi connectivity index (χ1) is 8.97. The number of aromatic nitrogens is 2. The monoisotopic (exact) mass is 265 g/mol. The summed E-state index contributed by atoms with van der Waals surface area (Å²) in [7, 11) is 1.74. The summed E-state index contributed by atoms with van der Waals surface area (Å²) in [6.45, 7) is 3.65. The lowest BCUT2D eigenvalue weighted by Gasteiger charge is -2.13. The highest BCUT2D eigenvalue weighted by Crippen LogP contribution is 2.34. The predicted molar refractivity (Wildman–Crippen MR) is 70.5 cm³/mol. The molecule has 1 aromatic carbocycles. The number of hydrogen-bond donors (Lipinski definition) is 1. The first kappa shape index (κ1) is 13.7. The summed E-state index contributed by atoms with van der Waals surface area (Å²) >= 11 is 0. The highest BCUT2D eigenvalue weighted by molar-refractivity contribution is 5.70. The van der Waals surface area contributed by atoms with E-state index < -0.39 is 11.6 Å². The summed E-state index contributed by atoms with van der Waals surface area (Å²) in [5, 5.41) is 4.24. The molecule has 0 aliphatic carbocycles. The molecule has 1 aromatic heterocycles. The van der Waals surface area contributed by atoms with Crippen LogP contribution in [0, 0.1) is 18.6 Å². The van der Waals surface area contributed by atoms with E-state index in [9.17, 15) is 8.78 Å². The van der Waals surface area contributed by atoms with E-state index in [2.05, 4.69) is 5.10 Å². The minimum Gasteiger partial charge on any atom is -0.323 e. The molecule has 0 amide bonds. The van der Waals surface area contributed by atoms with Gasteiger partial charge in [0.25, 0.3) is 0 Å². The van der Waals surface area contributed by atoms with Crippen molar-refractivity contribution in [1.82, 2.24) is 9.78 Å². The SMILES string of the molecule is CCC(N)c1c(-c2c(F)cccc2F)c(C)nn1C. The van der Waals surface area contributed by atoms with Gasteiger partial charge in [-0.15, -0.1) is 0 Å². The average molecular weight is 265 g/mol. The smallest absolute Gasteiger partial charge is 0.134 e. The van der Waals surface area contributed by atoms with Crippen LogP contribution in [0.25, 0.3) is 11.1 Å². The summed E-state index contributed by atoms with van der Waals surface area (Å²) in [5.41, 5.74) is 7.69. The van der Waals surface area contributed by atoms with Gasteiger partial charge in [0.05, 0.1) is 17.0 Å². The Labute approximate surface area is 111 Å². The van der Waals surface area contributed by atoms with Crippen molar-refractivity contribution in [3.8, 4) is 11.1 Å². The zero-order valence-electron chi connectivity index (χ0n) is 11.2. The van der Waals surface area contributed by atoms with E-state index >= 15 is 0 Å². The van der Waals surface area contributed by atoms with Gasteiger partial charge in [0.1, 0.15) is 11.6 Å². The molecule has 2 rings (SSSR count). The second-order valence-corrected chi connectivity index (χ2v) is 4.58. The summed E-state index contributed by atoms with van der Waals surface area (Å²) in [6, 6.07) is 3.53. The number of nitrogens with zero attached hydrogens (tertiary/aromatic N) is 2. The summed E-state index contributed by atoms with van der Waals surface area (Å²) < 4.78 is 29.5. The topological polar surface area (TPSA) is 43.8 Å². The number of nitrogens with two attached hydrogens (primary N) is 1. The molecule has 1 atom stereocenters. The van der Waals surface area contributed by atoms with Gasteiger partial charge >= 0.3 is 0 Å². The molecule has 1 unspecified atom stereocenters. The Balaban J connectivity index is 2.75. The Kier molecular flexibility index (Phi) is 3.66. The van der Waals surface area contributed by atoms with E-state index in [0.717, 1.165) is 0 Å². The molecule has 5 heteroatoms. The van der Waals surface area contributed by atoms with Gasteiger partial charge in [-0.3, -0.25) is 4.68 Å². The Bertz CT molecular complexity index is 585. The normalized spacial score (nSPS) is 12.7. The molecular formula is C14H17F2N3. The molecule has 0 aliphatic heterocycles. The Hall–Kier alpha value is -1.75. The van der Waals surface area contributed by atoms with Gasteiger partial charge in [0.15, 0.2) is 0 Å². The Morgan fingerprint density at radius 3 is 2.37 bits per heavy atom. The molecule has 0 saturated heterocycles. The van der Waals surface area contributed by atoms with Crippen LogP contribution < -0.4 is 5.73 Å². The molecule has 0 bridgehead atoms.